The number of carbonyl (C=O) groups excluding carboxylic acids is 1. The highest BCUT2D eigenvalue weighted by molar-refractivity contribution is 5.77. The number of hydrogen-bond acceptors (Lipinski definition) is 4. The van der Waals surface area contributed by atoms with Gasteiger partial charge in [0.2, 0.25) is 5.91 Å². The first-order valence-electron chi connectivity index (χ1n) is 5.39. The highest BCUT2D eigenvalue weighted by atomic mass is 16.5. The van der Waals surface area contributed by atoms with Crippen LogP contribution in [0.25, 0.3) is 0 Å². The smallest absolute Gasteiger partial charge is 0.237 e. The molecule has 1 heterocycles. The van der Waals surface area contributed by atoms with E-state index in [1.165, 1.54) is 0 Å². The van der Waals surface area contributed by atoms with Crippen LogP contribution in [-0.4, -0.2) is 44.2 Å². The molecule has 5 nitrogen and oxygen atoms in total. The van der Waals surface area contributed by atoms with E-state index >= 15 is 0 Å². The van der Waals surface area contributed by atoms with Gasteiger partial charge in [0.15, 0.2) is 0 Å². The second-order valence-corrected chi connectivity index (χ2v) is 4.28. The van der Waals surface area contributed by atoms with Crippen LogP contribution in [0.15, 0.2) is 0 Å². The maximum absolute atomic E-state index is 11.2. The Hall–Kier alpha value is -0.650. The maximum Gasteiger partial charge on any atom is 0.237 e. The summed E-state index contributed by atoms with van der Waals surface area (Å²) in [5.41, 5.74) is 2.18. The van der Waals surface area contributed by atoms with Crippen LogP contribution < -0.4 is 11.3 Å². The molecule has 0 spiro atoms. The molecule has 1 fully saturated rings. The Bertz CT molecular complexity index is 211. The van der Waals surface area contributed by atoms with Gasteiger partial charge < -0.3 is 9.64 Å². The van der Waals surface area contributed by atoms with E-state index in [2.05, 4.69) is 10.3 Å². The first kappa shape index (κ1) is 12.4. The summed E-state index contributed by atoms with van der Waals surface area (Å²) in [7, 11) is 1.73. The molecule has 0 aromatic heterocycles. The third-order valence-electron chi connectivity index (χ3n) is 2.89. The number of ether oxygens (including phenoxy) is 1. The number of nitrogens with two attached hydrogens (primary N) is 1. The van der Waals surface area contributed by atoms with Crippen LogP contribution in [0.3, 0.4) is 0 Å². The van der Waals surface area contributed by atoms with E-state index in [0.717, 1.165) is 32.7 Å². The van der Waals surface area contributed by atoms with Crippen molar-refractivity contribution in [1.82, 2.24) is 10.3 Å². The molecule has 1 aliphatic rings. The summed E-state index contributed by atoms with van der Waals surface area (Å²) >= 11 is 0. The normalized spacial score (nSPS) is 24.1. The predicted molar refractivity (Wildman–Crippen MR) is 57.9 cm³/mol. The van der Waals surface area contributed by atoms with Crippen molar-refractivity contribution in [2.45, 2.75) is 13.3 Å². The Kier molecular flexibility index (Phi) is 5.01. The molecule has 0 aliphatic carbocycles. The molecule has 0 aromatic rings. The lowest BCUT2D eigenvalue weighted by Gasteiger charge is -2.19. The van der Waals surface area contributed by atoms with Gasteiger partial charge in [0.05, 0.1) is 6.61 Å². The molecule has 88 valence electrons. The average Bonchev–Trinajstić information content (AvgIpc) is 2.65. The quantitative estimate of drug-likeness (QED) is 0.371. The van der Waals surface area contributed by atoms with Crippen LogP contribution in [0.4, 0.5) is 0 Å². The van der Waals surface area contributed by atoms with Gasteiger partial charge in [0.25, 0.3) is 0 Å². The van der Waals surface area contributed by atoms with E-state index in [4.69, 9.17) is 10.6 Å². The zero-order valence-electron chi connectivity index (χ0n) is 9.53. The Morgan fingerprint density at radius 1 is 1.73 bits per heavy atom. The van der Waals surface area contributed by atoms with Crippen molar-refractivity contribution in [3.05, 3.63) is 0 Å². The van der Waals surface area contributed by atoms with Crippen molar-refractivity contribution in [2.75, 3.05) is 33.4 Å². The third-order valence-corrected chi connectivity index (χ3v) is 2.89. The van der Waals surface area contributed by atoms with Crippen LogP contribution in [0.2, 0.25) is 0 Å². The van der Waals surface area contributed by atoms with Crippen molar-refractivity contribution < 1.29 is 9.53 Å². The average molecular weight is 215 g/mol. The zero-order chi connectivity index (χ0) is 11.3. The molecule has 0 radical (unpaired) electrons. The SMILES string of the molecule is COCC1CCN(CC(C)C(=O)NN)C1. The van der Waals surface area contributed by atoms with E-state index in [0.29, 0.717) is 5.92 Å². The molecule has 1 saturated heterocycles. The molecule has 3 N–H and O–H groups in total. The Morgan fingerprint density at radius 3 is 3.07 bits per heavy atom. The number of rotatable bonds is 5. The summed E-state index contributed by atoms with van der Waals surface area (Å²) in [5.74, 6) is 5.56. The van der Waals surface area contributed by atoms with Gasteiger partial charge in [-0.3, -0.25) is 10.2 Å². The second-order valence-electron chi connectivity index (χ2n) is 4.28. The van der Waals surface area contributed by atoms with Crippen LogP contribution >= 0.6 is 0 Å². The molecule has 5 heteroatoms. The molecule has 15 heavy (non-hydrogen) atoms. The molecular formula is C10H21N3O2. The number of likely N-dealkylation sites (tertiary alicyclic amines) is 1. The van der Waals surface area contributed by atoms with E-state index in [-0.39, 0.29) is 11.8 Å². The fourth-order valence-corrected chi connectivity index (χ4v) is 2.06. The number of methoxy groups -OCH3 is 1. The number of hydrazine groups is 1. The fourth-order valence-electron chi connectivity index (χ4n) is 2.06. The van der Waals surface area contributed by atoms with Crippen molar-refractivity contribution in [1.29, 1.82) is 0 Å². The van der Waals surface area contributed by atoms with E-state index in [1.54, 1.807) is 7.11 Å². The van der Waals surface area contributed by atoms with Crippen LogP contribution in [0.5, 0.6) is 0 Å². The molecule has 0 saturated carbocycles. The highest BCUT2D eigenvalue weighted by Gasteiger charge is 2.25. The largest absolute Gasteiger partial charge is 0.384 e. The van der Waals surface area contributed by atoms with Crippen LogP contribution in [0, 0.1) is 11.8 Å². The number of nitrogens with one attached hydrogen (secondary N) is 1. The molecule has 1 amide bonds. The van der Waals surface area contributed by atoms with Gasteiger partial charge in [0, 0.05) is 26.1 Å². The van der Waals surface area contributed by atoms with E-state index in [1.807, 2.05) is 6.92 Å². The van der Waals surface area contributed by atoms with E-state index in [9.17, 15) is 4.79 Å². The Morgan fingerprint density at radius 2 is 2.47 bits per heavy atom. The highest BCUT2D eigenvalue weighted by Crippen LogP contribution is 2.17. The van der Waals surface area contributed by atoms with Crippen LogP contribution in [-0.2, 0) is 9.53 Å². The third kappa shape index (κ3) is 3.77. The lowest BCUT2D eigenvalue weighted by atomic mass is 10.1. The summed E-state index contributed by atoms with van der Waals surface area (Å²) in [6, 6.07) is 0. The number of amides is 1. The molecule has 0 bridgehead atoms. The number of carbonyl (C=O) groups is 1. The van der Waals surface area contributed by atoms with Gasteiger partial charge in [-0.25, -0.2) is 5.84 Å². The molecule has 0 aromatic carbocycles. The zero-order valence-corrected chi connectivity index (χ0v) is 9.53. The minimum Gasteiger partial charge on any atom is -0.384 e. The van der Waals surface area contributed by atoms with Crippen molar-refractivity contribution in [2.24, 2.45) is 17.7 Å². The minimum absolute atomic E-state index is 0.0451. The second kappa shape index (κ2) is 6.05. The first-order valence-corrected chi connectivity index (χ1v) is 5.39. The van der Waals surface area contributed by atoms with Gasteiger partial charge in [-0.2, -0.15) is 0 Å². The molecule has 1 rings (SSSR count). The number of nitrogens with zero attached hydrogens (tertiary/aromatic N) is 1. The predicted octanol–water partition coefficient (Wildman–Crippen LogP) is -0.419. The van der Waals surface area contributed by atoms with E-state index < -0.39 is 0 Å². The summed E-state index contributed by atoms with van der Waals surface area (Å²) in [4.78, 5) is 13.5. The first-order chi connectivity index (χ1) is 7.17. The van der Waals surface area contributed by atoms with Gasteiger partial charge in [-0.1, -0.05) is 6.92 Å². The summed E-state index contributed by atoms with van der Waals surface area (Å²) in [6.45, 7) is 5.56. The van der Waals surface area contributed by atoms with Gasteiger partial charge in [-0.15, -0.1) is 0 Å². The van der Waals surface area contributed by atoms with Gasteiger partial charge in [0.1, 0.15) is 0 Å². The van der Waals surface area contributed by atoms with Gasteiger partial charge in [-0.05, 0) is 18.9 Å². The fraction of sp³-hybridized carbons (Fsp3) is 0.900. The lowest BCUT2D eigenvalue weighted by Crippen LogP contribution is -2.40. The van der Waals surface area contributed by atoms with Crippen LogP contribution in [0.1, 0.15) is 13.3 Å². The monoisotopic (exact) mass is 215 g/mol. The van der Waals surface area contributed by atoms with Crippen molar-refractivity contribution in [3.63, 3.8) is 0 Å². The van der Waals surface area contributed by atoms with Crippen molar-refractivity contribution >= 4 is 5.91 Å². The molecule has 1 aliphatic heterocycles. The Balaban J connectivity index is 2.26. The molecule has 2 unspecified atom stereocenters. The van der Waals surface area contributed by atoms with Crippen molar-refractivity contribution in [3.8, 4) is 0 Å². The number of hydrogen-bond donors (Lipinski definition) is 2. The minimum atomic E-state index is -0.0924. The topological polar surface area (TPSA) is 67.6 Å². The summed E-state index contributed by atoms with van der Waals surface area (Å²) in [5, 5.41) is 0. The van der Waals surface area contributed by atoms with Gasteiger partial charge >= 0.3 is 0 Å². The molecule has 2 atom stereocenters. The lowest BCUT2D eigenvalue weighted by molar-refractivity contribution is -0.125. The maximum atomic E-state index is 11.2. The molecular weight excluding hydrogens is 194 g/mol. The summed E-state index contributed by atoms with van der Waals surface area (Å²) < 4.78 is 5.12. The summed E-state index contributed by atoms with van der Waals surface area (Å²) in [6.07, 6.45) is 1.16. The Labute approximate surface area is 90.9 Å². The standard InChI is InChI=1S/C10H21N3O2/c1-8(10(14)12-11)5-13-4-3-9(6-13)7-15-2/h8-9H,3-7,11H2,1-2H3,(H,12,14).